The fourth-order valence-electron chi connectivity index (χ4n) is 3.28. The van der Waals surface area contributed by atoms with Crippen molar-refractivity contribution >= 4 is 41.4 Å². The molecular formula is C27H39N3O8. The number of unbranched alkanes of at least 4 members (excludes halogenated alkanes) is 1. The summed E-state index contributed by atoms with van der Waals surface area (Å²) in [7, 11) is 0. The molecule has 0 fully saturated rings. The minimum Gasteiger partial charge on any atom is -0.449 e. The molecule has 0 aliphatic carbocycles. The van der Waals surface area contributed by atoms with Crippen molar-refractivity contribution in [1.82, 2.24) is 10.6 Å². The van der Waals surface area contributed by atoms with E-state index in [4.69, 9.17) is 9.47 Å². The van der Waals surface area contributed by atoms with Gasteiger partial charge < -0.3 is 30.2 Å². The van der Waals surface area contributed by atoms with Gasteiger partial charge in [-0.25, -0.2) is 4.79 Å². The lowest BCUT2D eigenvalue weighted by Crippen LogP contribution is -2.31. The second-order valence-electron chi connectivity index (χ2n) is 9.00. The molecule has 0 aliphatic heterocycles. The lowest BCUT2D eigenvalue weighted by molar-refractivity contribution is -0.128. The van der Waals surface area contributed by atoms with Gasteiger partial charge in [-0.2, -0.15) is 0 Å². The van der Waals surface area contributed by atoms with Gasteiger partial charge in [-0.1, -0.05) is 25.5 Å². The van der Waals surface area contributed by atoms with E-state index in [-0.39, 0.29) is 56.5 Å². The average molecular weight is 534 g/mol. The highest BCUT2D eigenvalue weighted by molar-refractivity contribution is 6.03. The van der Waals surface area contributed by atoms with Gasteiger partial charge in [0.2, 0.25) is 11.8 Å². The van der Waals surface area contributed by atoms with Crippen molar-refractivity contribution < 1.29 is 38.2 Å². The van der Waals surface area contributed by atoms with Crippen LogP contribution in [0.4, 0.5) is 10.5 Å². The Labute approximate surface area is 223 Å². The highest BCUT2D eigenvalue weighted by Gasteiger charge is 2.11. The lowest BCUT2D eigenvalue weighted by Gasteiger charge is -2.09. The quantitative estimate of drug-likeness (QED) is 0.131. The fraction of sp³-hybridized carbons (Fsp3) is 0.556. The van der Waals surface area contributed by atoms with Gasteiger partial charge >= 0.3 is 6.09 Å². The van der Waals surface area contributed by atoms with E-state index in [9.17, 15) is 28.8 Å². The van der Waals surface area contributed by atoms with Crippen LogP contribution in [-0.4, -0.2) is 68.7 Å². The van der Waals surface area contributed by atoms with Crippen LogP contribution in [0.15, 0.2) is 24.3 Å². The minimum absolute atomic E-state index is 0.0377. The largest absolute Gasteiger partial charge is 0.449 e. The van der Waals surface area contributed by atoms with Gasteiger partial charge in [-0.15, -0.1) is 0 Å². The molecule has 0 bridgehead atoms. The third-order valence-corrected chi connectivity index (χ3v) is 5.23. The molecule has 1 aromatic carbocycles. The van der Waals surface area contributed by atoms with Crippen LogP contribution in [-0.2, 0) is 39.9 Å². The molecule has 3 N–H and O–H groups in total. The summed E-state index contributed by atoms with van der Waals surface area (Å²) in [6.45, 7) is 4.77. The average Bonchev–Trinajstić information content (AvgIpc) is 2.85. The number of rotatable bonds is 20. The number of ether oxygens (including phenoxy) is 2. The van der Waals surface area contributed by atoms with Crippen LogP contribution in [0.3, 0.4) is 0 Å². The predicted octanol–water partition coefficient (Wildman–Crippen LogP) is 2.36. The summed E-state index contributed by atoms with van der Waals surface area (Å²) in [6, 6.07) is 6.63. The van der Waals surface area contributed by atoms with E-state index < -0.39 is 17.9 Å². The molecule has 0 saturated heterocycles. The van der Waals surface area contributed by atoms with Crippen LogP contribution in [0.2, 0.25) is 0 Å². The maximum absolute atomic E-state index is 12.1. The molecule has 1 unspecified atom stereocenters. The number of aldehydes is 1. The normalized spacial score (nSPS) is 11.2. The smallest absolute Gasteiger partial charge is 0.407 e. The van der Waals surface area contributed by atoms with Crippen molar-refractivity contribution in [2.24, 2.45) is 5.92 Å². The maximum Gasteiger partial charge on any atom is 0.407 e. The first-order valence-corrected chi connectivity index (χ1v) is 12.8. The number of hydrogen-bond donors (Lipinski definition) is 3. The second-order valence-corrected chi connectivity index (χ2v) is 9.00. The summed E-state index contributed by atoms with van der Waals surface area (Å²) in [5.41, 5.74) is 1.23. The van der Waals surface area contributed by atoms with E-state index >= 15 is 0 Å². The Morgan fingerprint density at radius 3 is 2.29 bits per heavy atom. The molecule has 11 nitrogen and oxygen atoms in total. The summed E-state index contributed by atoms with van der Waals surface area (Å²) in [6.07, 6.45) is 3.07. The minimum atomic E-state index is -0.491. The monoisotopic (exact) mass is 533 g/mol. The number of carbonyl (C=O) groups excluding carboxylic acids is 6. The lowest BCUT2D eigenvalue weighted by atomic mass is 10.1. The first-order chi connectivity index (χ1) is 18.2. The van der Waals surface area contributed by atoms with Gasteiger partial charge in [0.25, 0.3) is 0 Å². The summed E-state index contributed by atoms with van der Waals surface area (Å²) >= 11 is 0. The molecule has 0 aliphatic rings. The molecule has 1 atom stereocenters. The first-order valence-electron chi connectivity index (χ1n) is 12.8. The SMILES string of the molecule is CC(=O)CC(=O)Cc1ccc(NC(=O)CC(=O)NCCOCCCOC(=O)NCCCCC(C)C=O)cc1. The van der Waals surface area contributed by atoms with E-state index in [1.165, 1.54) is 6.92 Å². The third-order valence-electron chi connectivity index (χ3n) is 5.23. The molecule has 0 saturated carbocycles. The van der Waals surface area contributed by atoms with Gasteiger partial charge in [0.05, 0.1) is 19.6 Å². The number of hydrogen-bond acceptors (Lipinski definition) is 8. The molecule has 38 heavy (non-hydrogen) atoms. The standard InChI is InChI=1S/C27H39N3O8/c1-20(19-31)6-3-4-11-29-27(36)38-14-5-13-37-15-12-28-25(34)18-26(35)30-23-9-7-22(8-10-23)17-24(33)16-21(2)32/h7-10,19-20H,3-6,11-18H2,1-2H3,(H,28,34)(H,29,36)(H,30,35). The maximum atomic E-state index is 12.1. The first kappa shape index (κ1) is 32.4. The summed E-state index contributed by atoms with van der Waals surface area (Å²) < 4.78 is 10.4. The fourth-order valence-corrected chi connectivity index (χ4v) is 3.28. The molecule has 1 rings (SSSR count). The van der Waals surface area contributed by atoms with E-state index in [1.54, 1.807) is 24.3 Å². The van der Waals surface area contributed by atoms with Crippen LogP contribution in [0.1, 0.15) is 57.9 Å². The van der Waals surface area contributed by atoms with Crippen LogP contribution in [0.25, 0.3) is 0 Å². The predicted molar refractivity (Wildman–Crippen MR) is 141 cm³/mol. The molecule has 1 aromatic rings. The Balaban J connectivity index is 2.05. The zero-order valence-corrected chi connectivity index (χ0v) is 22.2. The number of Topliss-reactive ketones (excluding diaryl/α,β-unsaturated/α-hetero) is 2. The molecule has 0 aromatic heterocycles. The Morgan fingerprint density at radius 1 is 0.868 bits per heavy atom. The van der Waals surface area contributed by atoms with E-state index in [2.05, 4.69) is 16.0 Å². The van der Waals surface area contributed by atoms with Gasteiger partial charge in [0.15, 0.2) is 0 Å². The Bertz CT molecular complexity index is 917. The molecule has 0 radical (unpaired) electrons. The van der Waals surface area contributed by atoms with Crippen molar-refractivity contribution in [3.8, 4) is 0 Å². The summed E-state index contributed by atoms with van der Waals surface area (Å²) in [5.74, 6) is -1.24. The van der Waals surface area contributed by atoms with Crippen LogP contribution < -0.4 is 16.0 Å². The highest BCUT2D eigenvalue weighted by atomic mass is 16.5. The molecule has 0 spiro atoms. The van der Waals surface area contributed by atoms with Crippen LogP contribution in [0.5, 0.6) is 0 Å². The zero-order valence-electron chi connectivity index (χ0n) is 22.2. The number of nitrogens with one attached hydrogen (secondary N) is 3. The number of alkyl carbamates (subject to hydrolysis) is 1. The van der Waals surface area contributed by atoms with Crippen molar-refractivity contribution in [3.63, 3.8) is 0 Å². The van der Waals surface area contributed by atoms with E-state index in [0.717, 1.165) is 31.1 Å². The summed E-state index contributed by atoms with van der Waals surface area (Å²) in [4.78, 5) is 68.8. The number of carbonyl (C=O) groups is 6. The molecule has 3 amide bonds. The molecular weight excluding hydrogens is 494 g/mol. The van der Waals surface area contributed by atoms with Crippen molar-refractivity contribution in [2.75, 3.05) is 38.2 Å². The topological polar surface area (TPSA) is 157 Å². The number of anilines is 1. The second kappa shape index (κ2) is 19.5. The van der Waals surface area contributed by atoms with Gasteiger partial charge in [-0.05, 0) is 37.5 Å². The number of benzene rings is 1. The van der Waals surface area contributed by atoms with Crippen molar-refractivity contribution in [2.45, 2.75) is 58.8 Å². The van der Waals surface area contributed by atoms with Gasteiger partial charge in [0.1, 0.15) is 24.3 Å². The van der Waals surface area contributed by atoms with Crippen molar-refractivity contribution in [3.05, 3.63) is 29.8 Å². The molecule has 0 heterocycles. The molecule has 210 valence electrons. The van der Waals surface area contributed by atoms with Crippen molar-refractivity contribution in [1.29, 1.82) is 0 Å². The Hall–Kier alpha value is -3.60. The highest BCUT2D eigenvalue weighted by Crippen LogP contribution is 2.11. The molecule has 11 heteroatoms. The van der Waals surface area contributed by atoms with Crippen LogP contribution >= 0.6 is 0 Å². The Morgan fingerprint density at radius 2 is 1.61 bits per heavy atom. The Kier molecular flexibility index (Phi) is 16.6. The van der Waals surface area contributed by atoms with E-state index in [0.29, 0.717) is 25.3 Å². The zero-order chi connectivity index (χ0) is 28.2. The number of amides is 3. The summed E-state index contributed by atoms with van der Waals surface area (Å²) in [5, 5.41) is 7.86. The number of ketones is 2. The van der Waals surface area contributed by atoms with Gasteiger partial charge in [0, 0.05) is 44.1 Å². The van der Waals surface area contributed by atoms with Crippen LogP contribution in [0, 0.1) is 5.92 Å². The van der Waals surface area contributed by atoms with E-state index in [1.807, 2.05) is 6.92 Å². The van der Waals surface area contributed by atoms with Gasteiger partial charge in [-0.3, -0.25) is 19.2 Å². The third kappa shape index (κ3) is 17.0.